The highest BCUT2D eigenvalue weighted by Gasteiger charge is 2.50. The Balaban J connectivity index is 1.91. The molecule has 0 aromatic carbocycles. The Morgan fingerprint density at radius 2 is 2.07 bits per heavy atom. The minimum atomic E-state index is -0.170. The van der Waals surface area contributed by atoms with Gasteiger partial charge in [-0.1, -0.05) is 0 Å². The zero-order chi connectivity index (χ0) is 10.0. The molecule has 1 aliphatic heterocycles. The van der Waals surface area contributed by atoms with Crippen LogP contribution in [0.25, 0.3) is 0 Å². The fraction of sp³-hybridized carbons (Fsp3) is 0.909. The summed E-state index contributed by atoms with van der Waals surface area (Å²) < 4.78 is 5.52. The summed E-state index contributed by atoms with van der Waals surface area (Å²) in [5.41, 5.74) is -0.170. The van der Waals surface area contributed by atoms with Crippen LogP contribution in [0.2, 0.25) is 0 Å². The number of hydrogen-bond donors (Lipinski definition) is 0. The van der Waals surface area contributed by atoms with Crippen molar-refractivity contribution < 1.29 is 4.74 Å². The molecule has 2 aliphatic rings. The maximum Gasteiger partial charge on any atom is 0.114 e. The topological polar surface area (TPSA) is 36.3 Å². The van der Waals surface area contributed by atoms with Crippen molar-refractivity contribution in [1.82, 2.24) is 4.90 Å². The molecule has 2 fully saturated rings. The Morgan fingerprint density at radius 3 is 2.57 bits per heavy atom. The minimum absolute atomic E-state index is 0.170. The van der Waals surface area contributed by atoms with Gasteiger partial charge in [0.1, 0.15) is 5.54 Å². The smallest absolute Gasteiger partial charge is 0.114 e. The highest BCUT2D eigenvalue weighted by Crippen LogP contribution is 2.40. The highest BCUT2D eigenvalue weighted by molar-refractivity contribution is 5.18. The molecule has 0 spiro atoms. The van der Waals surface area contributed by atoms with Crippen molar-refractivity contribution in [2.45, 2.75) is 44.2 Å². The molecule has 0 aromatic rings. The quantitative estimate of drug-likeness (QED) is 0.683. The van der Waals surface area contributed by atoms with E-state index in [0.717, 1.165) is 32.5 Å². The van der Waals surface area contributed by atoms with E-state index in [1.807, 2.05) is 6.92 Å². The lowest BCUT2D eigenvalue weighted by atomic mass is 9.74. The van der Waals surface area contributed by atoms with Crippen LogP contribution in [0.1, 0.15) is 32.6 Å². The summed E-state index contributed by atoms with van der Waals surface area (Å²) in [6.07, 6.45) is 4.67. The van der Waals surface area contributed by atoms with Crippen LogP contribution in [0, 0.1) is 11.3 Å². The molecule has 78 valence electrons. The van der Waals surface area contributed by atoms with Gasteiger partial charge in [0.25, 0.3) is 0 Å². The van der Waals surface area contributed by atoms with Crippen LogP contribution in [0.5, 0.6) is 0 Å². The van der Waals surface area contributed by atoms with E-state index in [0.29, 0.717) is 6.10 Å². The van der Waals surface area contributed by atoms with Crippen LogP contribution in [-0.2, 0) is 4.74 Å². The van der Waals surface area contributed by atoms with Crippen molar-refractivity contribution in [3.05, 3.63) is 0 Å². The van der Waals surface area contributed by atoms with E-state index in [2.05, 4.69) is 11.0 Å². The molecule has 0 bridgehead atoms. The average molecular weight is 194 g/mol. The molecule has 0 amide bonds. The van der Waals surface area contributed by atoms with Crippen molar-refractivity contribution in [3.8, 4) is 6.07 Å². The van der Waals surface area contributed by atoms with Crippen molar-refractivity contribution in [2.75, 3.05) is 19.7 Å². The first kappa shape index (κ1) is 9.95. The molecule has 14 heavy (non-hydrogen) atoms. The molecule has 0 aromatic heterocycles. The van der Waals surface area contributed by atoms with E-state index in [4.69, 9.17) is 4.74 Å². The summed E-state index contributed by atoms with van der Waals surface area (Å²) in [4.78, 5) is 2.35. The van der Waals surface area contributed by atoms with Crippen LogP contribution in [0.4, 0.5) is 0 Å². The number of likely N-dealkylation sites (tertiary alicyclic amines) is 1. The molecular formula is C11H18N2O. The van der Waals surface area contributed by atoms with Crippen molar-refractivity contribution in [3.63, 3.8) is 0 Å². The Hall–Kier alpha value is -0.590. The van der Waals surface area contributed by atoms with Gasteiger partial charge in [-0.05, 0) is 32.9 Å². The van der Waals surface area contributed by atoms with Gasteiger partial charge in [-0.3, -0.25) is 4.90 Å². The largest absolute Gasteiger partial charge is 0.378 e. The lowest BCUT2D eigenvalue weighted by molar-refractivity contribution is -0.0714. The van der Waals surface area contributed by atoms with Gasteiger partial charge in [-0.15, -0.1) is 0 Å². The molecule has 1 saturated heterocycles. The maximum atomic E-state index is 9.24. The molecule has 1 saturated carbocycles. The van der Waals surface area contributed by atoms with Gasteiger partial charge < -0.3 is 4.74 Å². The third-order valence-electron chi connectivity index (χ3n) is 3.45. The first-order valence-corrected chi connectivity index (χ1v) is 5.58. The van der Waals surface area contributed by atoms with Gasteiger partial charge in [0.2, 0.25) is 0 Å². The molecule has 0 atom stereocenters. The van der Waals surface area contributed by atoms with Crippen molar-refractivity contribution in [2.24, 2.45) is 0 Å². The Morgan fingerprint density at radius 1 is 1.43 bits per heavy atom. The number of hydrogen-bond acceptors (Lipinski definition) is 3. The van der Waals surface area contributed by atoms with Gasteiger partial charge in [-0.2, -0.15) is 5.26 Å². The van der Waals surface area contributed by atoms with E-state index in [-0.39, 0.29) is 5.54 Å². The monoisotopic (exact) mass is 194 g/mol. The second kappa shape index (κ2) is 3.88. The van der Waals surface area contributed by atoms with Crippen LogP contribution in [-0.4, -0.2) is 36.2 Å². The van der Waals surface area contributed by atoms with Crippen molar-refractivity contribution >= 4 is 0 Å². The number of ether oxygens (including phenoxy) is 1. The van der Waals surface area contributed by atoms with Gasteiger partial charge >= 0.3 is 0 Å². The van der Waals surface area contributed by atoms with Crippen LogP contribution in [0.3, 0.4) is 0 Å². The summed E-state index contributed by atoms with van der Waals surface area (Å²) in [6.45, 7) is 4.99. The van der Waals surface area contributed by atoms with Gasteiger partial charge in [0.05, 0.1) is 12.2 Å². The first-order valence-electron chi connectivity index (χ1n) is 5.58. The fourth-order valence-corrected chi connectivity index (χ4v) is 2.61. The van der Waals surface area contributed by atoms with Crippen LogP contribution in [0.15, 0.2) is 0 Å². The molecule has 0 N–H and O–H groups in total. The standard InChI is InChI=1S/C11H18N2O/c1-2-14-10-7-11(8-10,9-12)13-5-3-4-6-13/h10H,2-8H2,1H3. The average Bonchev–Trinajstić information content (AvgIpc) is 2.63. The molecular weight excluding hydrogens is 176 g/mol. The predicted octanol–water partition coefficient (Wildman–Crippen LogP) is 1.54. The Labute approximate surface area is 85.6 Å². The normalized spacial score (nSPS) is 37.9. The van der Waals surface area contributed by atoms with Gasteiger partial charge in [0.15, 0.2) is 0 Å². The summed E-state index contributed by atoms with van der Waals surface area (Å²) >= 11 is 0. The molecule has 3 nitrogen and oxygen atoms in total. The van der Waals surface area contributed by atoms with E-state index in [9.17, 15) is 5.26 Å². The summed E-state index contributed by atoms with van der Waals surface area (Å²) in [5, 5.41) is 9.24. The molecule has 0 radical (unpaired) electrons. The molecule has 3 heteroatoms. The SMILES string of the molecule is CCOC1CC(C#N)(N2CCCC2)C1. The lowest BCUT2D eigenvalue weighted by Crippen LogP contribution is -2.58. The van der Waals surface area contributed by atoms with E-state index in [1.165, 1.54) is 12.8 Å². The third-order valence-corrected chi connectivity index (χ3v) is 3.45. The molecule has 0 unspecified atom stereocenters. The zero-order valence-electron chi connectivity index (χ0n) is 8.83. The lowest BCUT2D eigenvalue weighted by Gasteiger charge is -2.47. The molecule has 1 heterocycles. The van der Waals surface area contributed by atoms with E-state index in [1.54, 1.807) is 0 Å². The molecule has 2 rings (SSSR count). The highest BCUT2D eigenvalue weighted by atomic mass is 16.5. The minimum Gasteiger partial charge on any atom is -0.378 e. The van der Waals surface area contributed by atoms with E-state index >= 15 is 0 Å². The number of nitriles is 1. The zero-order valence-corrected chi connectivity index (χ0v) is 8.83. The van der Waals surface area contributed by atoms with Gasteiger partial charge in [-0.25, -0.2) is 0 Å². The molecule has 1 aliphatic carbocycles. The second-order valence-electron chi connectivity index (χ2n) is 4.32. The van der Waals surface area contributed by atoms with Crippen LogP contribution < -0.4 is 0 Å². The van der Waals surface area contributed by atoms with E-state index < -0.39 is 0 Å². The second-order valence-corrected chi connectivity index (χ2v) is 4.32. The summed E-state index contributed by atoms with van der Waals surface area (Å²) in [7, 11) is 0. The first-order chi connectivity index (χ1) is 6.80. The van der Waals surface area contributed by atoms with Crippen LogP contribution >= 0.6 is 0 Å². The van der Waals surface area contributed by atoms with Gasteiger partial charge in [0, 0.05) is 19.4 Å². The van der Waals surface area contributed by atoms with Crippen molar-refractivity contribution in [1.29, 1.82) is 5.26 Å². The number of rotatable bonds is 3. The fourth-order valence-electron chi connectivity index (χ4n) is 2.61. The maximum absolute atomic E-state index is 9.24. The summed E-state index contributed by atoms with van der Waals surface area (Å²) in [5.74, 6) is 0. The Kier molecular flexibility index (Phi) is 2.76. The Bertz CT molecular complexity index is 234. The third kappa shape index (κ3) is 1.53. The predicted molar refractivity (Wildman–Crippen MR) is 53.8 cm³/mol. The number of nitrogens with zero attached hydrogens (tertiary/aromatic N) is 2. The summed E-state index contributed by atoms with van der Waals surface area (Å²) in [6, 6.07) is 2.49.